The van der Waals surface area contributed by atoms with Gasteiger partial charge in [-0.15, -0.1) is 0 Å². The van der Waals surface area contributed by atoms with Crippen LogP contribution in [0.5, 0.6) is 0 Å². The minimum atomic E-state index is -0.209. The Labute approximate surface area is 220 Å². The van der Waals surface area contributed by atoms with Crippen LogP contribution in [0.1, 0.15) is 142 Å². The Hall–Kier alpha value is -1.14. The van der Waals surface area contributed by atoms with Crippen molar-refractivity contribution in [3.05, 3.63) is 0 Å². The molecule has 4 unspecified atom stereocenters. The number of carbonyl (C=O) groups is 2. The van der Waals surface area contributed by atoms with Gasteiger partial charge in [0.2, 0.25) is 0 Å². The first-order chi connectivity index (χ1) is 17.6. The van der Waals surface area contributed by atoms with Crippen LogP contribution in [-0.4, -0.2) is 49.6 Å². The summed E-state index contributed by atoms with van der Waals surface area (Å²) in [6.07, 6.45) is 23.7. The quantitative estimate of drug-likeness (QED) is 0.0721. The zero-order valence-corrected chi connectivity index (χ0v) is 23.3. The predicted octanol–water partition coefficient (Wildman–Crippen LogP) is 7.45. The van der Waals surface area contributed by atoms with Crippen molar-refractivity contribution in [2.45, 2.75) is 167 Å². The van der Waals surface area contributed by atoms with E-state index in [9.17, 15) is 9.59 Å². The van der Waals surface area contributed by atoms with Crippen molar-refractivity contribution in [2.24, 2.45) is 0 Å². The third-order valence-electron chi connectivity index (χ3n) is 7.41. The van der Waals surface area contributed by atoms with Gasteiger partial charge in [-0.1, -0.05) is 90.9 Å². The summed E-state index contributed by atoms with van der Waals surface area (Å²) < 4.78 is 21.9. The molecule has 0 spiro atoms. The molecule has 36 heavy (non-hydrogen) atoms. The summed E-state index contributed by atoms with van der Waals surface area (Å²) in [4.78, 5) is 23.7. The molecule has 6 heteroatoms. The van der Waals surface area contributed by atoms with E-state index in [-0.39, 0.29) is 25.2 Å². The second kappa shape index (κ2) is 19.9. The minimum Gasteiger partial charge on any atom is -0.462 e. The SMILES string of the molecule is CCCCCCCC1OC1CCCCC(=O)OCCOC(=O)CCCCC1OC1CCCCCCC. The van der Waals surface area contributed by atoms with Crippen LogP contribution in [0.3, 0.4) is 0 Å². The van der Waals surface area contributed by atoms with Crippen molar-refractivity contribution in [3.63, 3.8) is 0 Å². The highest BCUT2D eigenvalue weighted by atomic mass is 16.6. The summed E-state index contributed by atoms with van der Waals surface area (Å²) in [6, 6.07) is 0. The third-order valence-corrected chi connectivity index (χ3v) is 7.41. The molecule has 2 saturated heterocycles. The first-order valence-electron chi connectivity index (χ1n) is 15.3. The molecule has 210 valence electrons. The van der Waals surface area contributed by atoms with Gasteiger partial charge in [-0.3, -0.25) is 9.59 Å². The van der Waals surface area contributed by atoms with Gasteiger partial charge in [0.1, 0.15) is 13.2 Å². The Balaban J connectivity index is 1.29. The van der Waals surface area contributed by atoms with Crippen molar-refractivity contribution in [1.82, 2.24) is 0 Å². The van der Waals surface area contributed by atoms with Crippen molar-refractivity contribution < 1.29 is 28.5 Å². The number of hydrogen-bond acceptors (Lipinski definition) is 6. The molecule has 2 heterocycles. The highest BCUT2D eigenvalue weighted by molar-refractivity contribution is 5.70. The summed E-state index contributed by atoms with van der Waals surface area (Å²) in [5.41, 5.74) is 0. The van der Waals surface area contributed by atoms with Crippen LogP contribution in [0.25, 0.3) is 0 Å². The van der Waals surface area contributed by atoms with Crippen LogP contribution in [0, 0.1) is 0 Å². The van der Waals surface area contributed by atoms with E-state index in [0.717, 1.165) is 38.5 Å². The summed E-state index contributed by atoms with van der Waals surface area (Å²) >= 11 is 0. The normalized spacial score (nSPS) is 22.4. The van der Waals surface area contributed by atoms with Crippen LogP contribution >= 0.6 is 0 Å². The molecule has 0 aliphatic carbocycles. The van der Waals surface area contributed by atoms with E-state index < -0.39 is 0 Å². The summed E-state index contributed by atoms with van der Waals surface area (Å²) in [5.74, 6) is -0.417. The van der Waals surface area contributed by atoms with Gasteiger partial charge < -0.3 is 18.9 Å². The zero-order chi connectivity index (χ0) is 25.8. The van der Waals surface area contributed by atoms with E-state index in [1.807, 2.05) is 0 Å². The molecule has 0 amide bonds. The topological polar surface area (TPSA) is 77.7 Å². The molecule has 0 bridgehead atoms. The first kappa shape index (κ1) is 31.1. The molecule has 0 aromatic rings. The summed E-state index contributed by atoms with van der Waals surface area (Å²) in [7, 11) is 0. The Morgan fingerprint density at radius 3 is 1.19 bits per heavy atom. The first-order valence-corrected chi connectivity index (χ1v) is 15.3. The highest BCUT2D eigenvalue weighted by Crippen LogP contribution is 2.32. The maximum absolute atomic E-state index is 11.9. The number of hydrogen-bond donors (Lipinski definition) is 0. The van der Waals surface area contributed by atoms with Gasteiger partial charge in [0, 0.05) is 12.8 Å². The molecule has 2 aliphatic rings. The molecular formula is C30H54O6. The van der Waals surface area contributed by atoms with Crippen molar-refractivity contribution in [3.8, 4) is 0 Å². The van der Waals surface area contributed by atoms with Gasteiger partial charge in [0.15, 0.2) is 0 Å². The lowest BCUT2D eigenvalue weighted by molar-refractivity contribution is -0.152. The third kappa shape index (κ3) is 15.9. The number of carbonyl (C=O) groups excluding carboxylic acids is 2. The fourth-order valence-electron chi connectivity index (χ4n) is 4.96. The Morgan fingerprint density at radius 2 is 0.833 bits per heavy atom. The molecule has 2 aliphatic heterocycles. The minimum absolute atomic E-state index is 0.145. The molecule has 0 saturated carbocycles. The second-order valence-corrected chi connectivity index (χ2v) is 10.8. The lowest BCUT2D eigenvalue weighted by atomic mass is 10.1. The molecule has 6 nitrogen and oxygen atoms in total. The summed E-state index contributed by atoms with van der Waals surface area (Å²) in [6.45, 7) is 4.77. The summed E-state index contributed by atoms with van der Waals surface area (Å²) in [5, 5.41) is 0. The van der Waals surface area contributed by atoms with E-state index in [0.29, 0.717) is 37.3 Å². The average Bonchev–Trinajstić information content (AvgIpc) is 3.79. The molecule has 0 radical (unpaired) electrons. The van der Waals surface area contributed by atoms with E-state index >= 15 is 0 Å². The van der Waals surface area contributed by atoms with Gasteiger partial charge in [-0.05, 0) is 38.5 Å². The molecular weight excluding hydrogens is 456 g/mol. The van der Waals surface area contributed by atoms with Crippen LogP contribution in [-0.2, 0) is 28.5 Å². The van der Waals surface area contributed by atoms with Crippen molar-refractivity contribution >= 4 is 11.9 Å². The van der Waals surface area contributed by atoms with Gasteiger partial charge >= 0.3 is 11.9 Å². The van der Waals surface area contributed by atoms with E-state index in [1.165, 1.54) is 77.0 Å². The van der Waals surface area contributed by atoms with E-state index in [1.54, 1.807) is 0 Å². The van der Waals surface area contributed by atoms with Gasteiger partial charge in [0.05, 0.1) is 24.4 Å². The molecule has 4 atom stereocenters. The highest BCUT2D eigenvalue weighted by Gasteiger charge is 2.37. The van der Waals surface area contributed by atoms with Crippen LogP contribution in [0.15, 0.2) is 0 Å². The maximum Gasteiger partial charge on any atom is 0.305 e. The fourth-order valence-corrected chi connectivity index (χ4v) is 4.96. The lowest BCUT2D eigenvalue weighted by Gasteiger charge is -2.06. The Bertz CT molecular complexity index is 530. The second-order valence-electron chi connectivity index (χ2n) is 10.8. The van der Waals surface area contributed by atoms with E-state index in [4.69, 9.17) is 18.9 Å². The standard InChI is InChI=1S/C30H54O6/c1-3-5-7-9-11-17-25-27(35-25)19-13-15-21-29(31)33-23-24-34-30(32)22-16-14-20-28-26(36-28)18-12-10-8-6-4-2/h25-28H,3-24H2,1-2H3. The molecule has 2 rings (SSSR count). The van der Waals surface area contributed by atoms with Crippen molar-refractivity contribution in [2.75, 3.05) is 13.2 Å². The molecule has 0 N–H and O–H groups in total. The lowest BCUT2D eigenvalue weighted by Crippen LogP contribution is -2.13. The predicted molar refractivity (Wildman–Crippen MR) is 143 cm³/mol. The van der Waals surface area contributed by atoms with E-state index in [2.05, 4.69) is 13.8 Å². The van der Waals surface area contributed by atoms with Crippen LogP contribution in [0.2, 0.25) is 0 Å². The molecule has 0 aromatic heterocycles. The maximum atomic E-state index is 11.9. The van der Waals surface area contributed by atoms with Crippen LogP contribution in [0.4, 0.5) is 0 Å². The Kier molecular flexibility index (Phi) is 17.2. The fraction of sp³-hybridized carbons (Fsp3) is 0.933. The van der Waals surface area contributed by atoms with Crippen molar-refractivity contribution in [1.29, 1.82) is 0 Å². The molecule has 0 aromatic carbocycles. The van der Waals surface area contributed by atoms with Crippen LogP contribution < -0.4 is 0 Å². The van der Waals surface area contributed by atoms with Gasteiger partial charge in [0.25, 0.3) is 0 Å². The Morgan fingerprint density at radius 1 is 0.500 bits per heavy atom. The number of ether oxygens (including phenoxy) is 4. The molecule has 2 fully saturated rings. The number of esters is 2. The van der Waals surface area contributed by atoms with Gasteiger partial charge in [-0.2, -0.15) is 0 Å². The zero-order valence-electron chi connectivity index (χ0n) is 23.3. The van der Waals surface area contributed by atoms with Gasteiger partial charge in [-0.25, -0.2) is 0 Å². The smallest absolute Gasteiger partial charge is 0.305 e. The largest absolute Gasteiger partial charge is 0.462 e. The number of epoxide rings is 2. The monoisotopic (exact) mass is 510 g/mol. The number of rotatable bonds is 25. The number of unbranched alkanes of at least 4 members (excludes halogenated alkanes) is 10. The average molecular weight is 511 g/mol.